The molecule has 0 bridgehead atoms. The zero-order valence-corrected chi connectivity index (χ0v) is 11.3. The van der Waals surface area contributed by atoms with Gasteiger partial charge in [-0.05, 0) is 37.0 Å². The monoisotopic (exact) mass is 271 g/mol. The molecule has 2 rings (SSSR count). The van der Waals surface area contributed by atoms with Crippen LogP contribution in [0.15, 0.2) is 18.2 Å². The second-order valence-corrected chi connectivity index (χ2v) is 5.54. The number of amides is 1. The van der Waals surface area contributed by atoms with Crippen molar-refractivity contribution in [3.8, 4) is 0 Å². The van der Waals surface area contributed by atoms with Gasteiger partial charge in [0.05, 0.1) is 16.1 Å². The Morgan fingerprint density at radius 1 is 1.41 bits per heavy atom. The highest BCUT2D eigenvalue weighted by molar-refractivity contribution is 6.42. The van der Waals surface area contributed by atoms with Crippen molar-refractivity contribution in [1.82, 2.24) is 5.32 Å². The molecule has 3 atom stereocenters. The molecule has 1 saturated carbocycles. The minimum atomic E-state index is -0.0370. The first-order chi connectivity index (χ1) is 7.99. The van der Waals surface area contributed by atoms with Crippen molar-refractivity contribution in [2.75, 3.05) is 0 Å². The molecule has 0 saturated heterocycles. The van der Waals surface area contributed by atoms with Crippen LogP contribution in [0.4, 0.5) is 0 Å². The number of nitrogens with one attached hydrogen (secondary N) is 1. The summed E-state index contributed by atoms with van der Waals surface area (Å²) in [6.45, 7) is 4.04. The van der Waals surface area contributed by atoms with Gasteiger partial charge in [-0.25, -0.2) is 0 Å². The van der Waals surface area contributed by atoms with E-state index in [1.54, 1.807) is 12.1 Å². The van der Waals surface area contributed by atoms with Crippen molar-refractivity contribution >= 4 is 29.1 Å². The molecule has 1 aromatic carbocycles. The molecule has 1 N–H and O–H groups in total. The Kier molecular flexibility index (Phi) is 3.64. The van der Waals surface area contributed by atoms with E-state index in [4.69, 9.17) is 23.2 Å². The lowest BCUT2D eigenvalue weighted by Crippen LogP contribution is -2.28. The standard InChI is InChI=1S/C13H15Cl2NO/c1-7-5-10(7)13(17)16-8(2)9-3-4-11(14)12(15)6-9/h3-4,6-8,10H,5H2,1-2H3,(H,16,17)/t7-,8+,10-/m1/s1. The molecule has 92 valence electrons. The topological polar surface area (TPSA) is 29.1 Å². The molecule has 0 unspecified atom stereocenters. The van der Waals surface area contributed by atoms with Gasteiger partial charge in [-0.1, -0.05) is 36.2 Å². The second kappa shape index (κ2) is 4.87. The Morgan fingerprint density at radius 3 is 2.59 bits per heavy atom. The van der Waals surface area contributed by atoms with Crippen molar-refractivity contribution in [3.63, 3.8) is 0 Å². The predicted molar refractivity (Wildman–Crippen MR) is 70.3 cm³/mol. The number of halogens is 2. The lowest BCUT2D eigenvalue weighted by Gasteiger charge is -2.15. The van der Waals surface area contributed by atoms with Crippen LogP contribution < -0.4 is 5.32 Å². The first-order valence-electron chi connectivity index (χ1n) is 5.74. The maximum absolute atomic E-state index is 11.8. The highest BCUT2D eigenvalue weighted by Crippen LogP contribution is 2.38. The summed E-state index contributed by atoms with van der Waals surface area (Å²) in [4.78, 5) is 11.8. The number of hydrogen-bond donors (Lipinski definition) is 1. The lowest BCUT2D eigenvalue weighted by molar-refractivity contribution is -0.123. The third-order valence-electron chi connectivity index (χ3n) is 3.25. The van der Waals surface area contributed by atoms with E-state index in [1.165, 1.54) is 0 Å². The Morgan fingerprint density at radius 2 is 2.06 bits per heavy atom. The summed E-state index contributed by atoms with van der Waals surface area (Å²) in [5.74, 6) is 0.854. The van der Waals surface area contributed by atoms with Gasteiger partial charge in [0, 0.05) is 5.92 Å². The minimum absolute atomic E-state index is 0.0370. The molecular formula is C13H15Cl2NO. The fourth-order valence-electron chi connectivity index (χ4n) is 1.87. The molecular weight excluding hydrogens is 257 g/mol. The zero-order chi connectivity index (χ0) is 12.6. The quantitative estimate of drug-likeness (QED) is 0.890. The van der Waals surface area contributed by atoms with Gasteiger partial charge in [0.2, 0.25) is 5.91 Å². The number of rotatable bonds is 3. The summed E-state index contributed by atoms with van der Waals surface area (Å²) >= 11 is 11.8. The van der Waals surface area contributed by atoms with Gasteiger partial charge in [-0.2, -0.15) is 0 Å². The molecule has 0 spiro atoms. The number of benzene rings is 1. The van der Waals surface area contributed by atoms with Crippen molar-refractivity contribution in [2.24, 2.45) is 11.8 Å². The molecule has 1 aliphatic carbocycles. The maximum atomic E-state index is 11.8. The zero-order valence-electron chi connectivity index (χ0n) is 9.84. The first-order valence-corrected chi connectivity index (χ1v) is 6.50. The van der Waals surface area contributed by atoms with Crippen LogP contribution in [0.3, 0.4) is 0 Å². The summed E-state index contributed by atoms with van der Waals surface area (Å²) in [5, 5.41) is 4.05. The smallest absolute Gasteiger partial charge is 0.223 e. The van der Waals surface area contributed by atoms with E-state index in [-0.39, 0.29) is 17.9 Å². The summed E-state index contributed by atoms with van der Waals surface area (Å²) in [6.07, 6.45) is 1.000. The summed E-state index contributed by atoms with van der Waals surface area (Å²) < 4.78 is 0. The Balaban J connectivity index is 2.01. The summed E-state index contributed by atoms with van der Waals surface area (Å²) in [5.41, 5.74) is 0.973. The largest absolute Gasteiger partial charge is 0.349 e. The van der Waals surface area contributed by atoms with E-state index >= 15 is 0 Å². The van der Waals surface area contributed by atoms with Gasteiger partial charge in [0.1, 0.15) is 0 Å². The molecule has 0 heterocycles. The van der Waals surface area contributed by atoms with Gasteiger partial charge < -0.3 is 5.32 Å². The average Bonchev–Trinajstić information content (AvgIpc) is 2.99. The Hall–Kier alpha value is -0.730. The van der Waals surface area contributed by atoms with Crippen molar-refractivity contribution in [2.45, 2.75) is 26.3 Å². The van der Waals surface area contributed by atoms with Gasteiger partial charge in [0.15, 0.2) is 0 Å². The maximum Gasteiger partial charge on any atom is 0.223 e. The number of carbonyl (C=O) groups is 1. The van der Waals surface area contributed by atoms with E-state index in [0.717, 1.165) is 12.0 Å². The summed E-state index contributed by atoms with van der Waals surface area (Å²) in [6, 6.07) is 5.40. The second-order valence-electron chi connectivity index (χ2n) is 4.72. The average molecular weight is 272 g/mol. The van der Waals surface area contributed by atoms with Crippen LogP contribution in [0.5, 0.6) is 0 Å². The van der Waals surface area contributed by atoms with E-state index < -0.39 is 0 Å². The van der Waals surface area contributed by atoms with Gasteiger partial charge in [-0.3, -0.25) is 4.79 Å². The van der Waals surface area contributed by atoms with Gasteiger partial charge in [-0.15, -0.1) is 0 Å². The minimum Gasteiger partial charge on any atom is -0.349 e. The Labute approximate surface area is 111 Å². The first kappa shape index (κ1) is 12.7. The summed E-state index contributed by atoms with van der Waals surface area (Å²) in [7, 11) is 0. The van der Waals surface area contributed by atoms with Crippen LogP contribution in [0.2, 0.25) is 10.0 Å². The lowest BCUT2D eigenvalue weighted by atomic mass is 10.1. The predicted octanol–water partition coefficient (Wildman–Crippen LogP) is 3.83. The molecule has 17 heavy (non-hydrogen) atoms. The van der Waals surface area contributed by atoms with E-state index in [1.807, 2.05) is 13.0 Å². The molecule has 1 aromatic rings. The molecule has 1 amide bonds. The van der Waals surface area contributed by atoms with Crippen LogP contribution in [-0.4, -0.2) is 5.91 Å². The molecule has 1 aliphatic rings. The van der Waals surface area contributed by atoms with Crippen molar-refractivity contribution in [1.29, 1.82) is 0 Å². The van der Waals surface area contributed by atoms with Gasteiger partial charge >= 0.3 is 0 Å². The van der Waals surface area contributed by atoms with E-state index in [0.29, 0.717) is 16.0 Å². The van der Waals surface area contributed by atoms with E-state index in [9.17, 15) is 4.79 Å². The third kappa shape index (κ3) is 2.93. The van der Waals surface area contributed by atoms with Crippen molar-refractivity contribution in [3.05, 3.63) is 33.8 Å². The molecule has 1 fully saturated rings. The normalized spacial score (nSPS) is 24.2. The molecule has 0 aliphatic heterocycles. The fourth-order valence-corrected chi connectivity index (χ4v) is 2.18. The number of carbonyl (C=O) groups excluding carboxylic acids is 1. The molecule has 4 heteroatoms. The van der Waals surface area contributed by atoms with E-state index in [2.05, 4.69) is 12.2 Å². The SMILES string of the molecule is C[C@H](NC(=O)[C@@H]1C[C@H]1C)c1ccc(Cl)c(Cl)c1. The van der Waals surface area contributed by atoms with Crippen LogP contribution in [0, 0.1) is 11.8 Å². The number of hydrogen-bond acceptors (Lipinski definition) is 1. The van der Waals surface area contributed by atoms with Crippen LogP contribution in [0.25, 0.3) is 0 Å². The highest BCUT2D eigenvalue weighted by atomic mass is 35.5. The van der Waals surface area contributed by atoms with Crippen LogP contribution in [-0.2, 0) is 4.79 Å². The highest BCUT2D eigenvalue weighted by Gasteiger charge is 2.39. The van der Waals surface area contributed by atoms with Gasteiger partial charge in [0.25, 0.3) is 0 Å². The fraction of sp³-hybridized carbons (Fsp3) is 0.462. The van der Waals surface area contributed by atoms with Crippen LogP contribution in [0.1, 0.15) is 31.9 Å². The molecule has 2 nitrogen and oxygen atoms in total. The molecule has 0 aromatic heterocycles. The van der Waals surface area contributed by atoms with Crippen molar-refractivity contribution < 1.29 is 4.79 Å². The third-order valence-corrected chi connectivity index (χ3v) is 3.99. The molecule has 0 radical (unpaired) electrons. The van der Waals surface area contributed by atoms with Crippen LogP contribution >= 0.6 is 23.2 Å². The Bertz CT molecular complexity index is 447.